The third-order valence-corrected chi connectivity index (χ3v) is 19.0. The number of aliphatic carboxylic acids is 1. The van der Waals surface area contributed by atoms with E-state index in [1.54, 1.807) is 0 Å². The van der Waals surface area contributed by atoms with Gasteiger partial charge in [-0.2, -0.15) is 0 Å². The van der Waals surface area contributed by atoms with Crippen LogP contribution in [0, 0.1) is 56.7 Å². The first-order valence-electron chi connectivity index (χ1n) is 20.0. The number of carboxylic acid groups (broad SMARTS) is 1. The van der Waals surface area contributed by atoms with Crippen LogP contribution in [-0.4, -0.2) is 74.3 Å². The van der Waals surface area contributed by atoms with Crippen LogP contribution < -0.4 is 5.32 Å². The molecule has 7 rings (SSSR count). The molecule has 6 aliphatic carbocycles. The van der Waals surface area contributed by atoms with E-state index in [0.29, 0.717) is 67.0 Å². The lowest BCUT2D eigenvalue weighted by Crippen LogP contribution is -2.68. The van der Waals surface area contributed by atoms with Gasteiger partial charge in [-0.05, 0) is 139 Å². The van der Waals surface area contributed by atoms with E-state index in [9.17, 15) is 22.7 Å². The first kappa shape index (κ1) is 36.8. The Hall–Kier alpha value is -1.51. The zero-order chi connectivity index (χ0) is 36.0. The molecule has 0 amide bonds. The summed E-state index contributed by atoms with van der Waals surface area (Å²) in [6, 6.07) is 0. The number of nitrogens with zero attached hydrogens (tertiary/aromatic N) is 1. The lowest BCUT2D eigenvalue weighted by Gasteiger charge is -2.72. The topological polar surface area (TPSA) is 86.7 Å². The number of hydrogen-bond donors (Lipinski definition) is 2. The Bertz CT molecular complexity index is 1540. The number of rotatable bonds is 8. The highest BCUT2D eigenvalue weighted by Crippen LogP contribution is 2.76. The van der Waals surface area contributed by atoms with Crippen molar-refractivity contribution in [1.82, 2.24) is 10.2 Å². The molecule has 1 saturated heterocycles. The molecule has 2 unspecified atom stereocenters. The zero-order valence-electron chi connectivity index (χ0n) is 31.7. The average Bonchev–Trinajstić information content (AvgIpc) is 3.44. The van der Waals surface area contributed by atoms with Crippen molar-refractivity contribution in [3.8, 4) is 0 Å². The third-order valence-electron chi connectivity index (χ3n) is 17.4. The van der Waals surface area contributed by atoms with Crippen molar-refractivity contribution in [2.24, 2.45) is 56.7 Å². The number of halogens is 1. The molecule has 8 heteroatoms. The standard InChI is InChI=1S/C42H65FN2O4S/c1-7-29-12-19-42(44-22-23-45-24-26-50(48,49)27-25-45)21-20-39(5)32(35(29)42)8-9-34-38(4)15-13-31(37(2,3)33(38)14-16-40(34,39)6)30-10-17-41(28-43,18-11-30)36(46)47/h7,10,13,29,32-35,44H,1,8-9,11-12,14-28H2,2-6H3,(H,46,47)/t29?,32-,33+,34-,35-,38+,39-,40-,41?,42+/m1/s1. The smallest absolute Gasteiger partial charge is 0.312 e. The van der Waals surface area contributed by atoms with Crippen LogP contribution in [0.1, 0.15) is 112 Å². The van der Waals surface area contributed by atoms with Crippen molar-refractivity contribution in [2.75, 3.05) is 44.4 Å². The van der Waals surface area contributed by atoms with Gasteiger partial charge >= 0.3 is 5.97 Å². The fourth-order valence-electron chi connectivity index (χ4n) is 14.3. The summed E-state index contributed by atoms with van der Waals surface area (Å²) in [4.78, 5) is 14.3. The minimum Gasteiger partial charge on any atom is -0.481 e. The number of alkyl halides is 1. The molecule has 4 saturated carbocycles. The molecular formula is C42H65FN2O4S. The van der Waals surface area contributed by atoms with Gasteiger partial charge in [0.25, 0.3) is 0 Å². The van der Waals surface area contributed by atoms with Crippen molar-refractivity contribution >= 4 is 15.8 Å². The summed E-state index contributed by atoms with van der Waals surface area (Å²) in [5.74, 6) is 2.59. The molecule has 0 aromatic carbocycles. The van der Waals surface area contributed by atoms with Gasteiger partial charge < -0.3 is 15.3 Å². The minimum atomic E-state index is -2.87. The minimum absolute atomic E-state index is 0.0135. The number of allylic oxidation sites excluding steroid dienone is 5. The first-order valence-corrected chi connectivity index (χ1v) is 21.8. The van der Waals surface area contributed by atoms with Crippen LogP contribution in [0.15, 0.2) is 36.0 Å². The SMILES string of the molecule is C=CC1CC[C@]2(NCCN3CCS(=O)(=O)CC3)CC[C@]3(C)[C@H](CC[C@@H]4[C@@]5(C)CC=C(C6=CCC(CF)(C(=O)O)CC6)C(C)(C)[C@@H]5CC[C@]43C)[C@@H]12. The molecule has 10 atom stereocenters. The van der Waals surface area contributed by atoms with Gasteiger partial charge in [0.1, 0.15) is 6.67 Å². The van der Waals surface area contributed by atoms with E-state index in [0.717, 1.165) is 19.5 Å². The van der Waals surface area contributed by atoms with E-state index in [-0.39, 0.29) is 33.6 Å². The Balaban J connectivity index is 1.12. The second kappa shape index (κ2) is 12.5. The third kappa shape index (κ3) is 5.40. The highest BCUT2D eigenvalue weighted by molar-refractivity contribution is 7.91. The second-order valence-corrected chi connectivity index (χ2v) is 21.7. The molecule has 6 nitrogen and oxygen atoms in total. The van der Waals surface area contributed by atoms with E-state index >= 15 is 0 Å². The molecule has 0 bridgehead atoms. The predicted octanol–water partition coefficient (Wildman–Crippen LogP) is 8.01. The largest absolute Gasteiger partial charge is 0.481 e. The maximum absolute atomic E-state index is 14.0. The van der Waals surface area contributed by atoms with Crippen LogP contribution in [0.4, 0.5) is 4.39 Å². The summed E-state index contributed by atoms with van der Waals surface area (Å²) in [6.45, 7) is 19.6. The van der Waals surface area contributed by atoms with Crippen LogP contribution in [0.25, 0.3) is 0 Å². The van der Waals surface area contributed by atoms with Gasteiger partial charge in [0.15, 0.2) is 9.84 Å². The van der Waals surface area contributed by atoms with Gasteiger partial charge in [-0.25, -0.2) is 12.8 Å². The molecule has 7 aliphatic rings. The molecule has 50 heavy (non-hydrogen) atoms. The Morgan fingerprint density at radius 1 is 0.960 bits per heavy atom. The molecule has 1 aliphatic heterocycles. The Labute approximate surface area is 302 Å². The molecule has 0 aromatic heterocycles. The van der Waals surface area contributed by atoms with Gasteiger partial charge in [0.05, 0.1) is 16.9 Å². The Morgan fingerprint density at radius 3 is 2.34 bits per heavy atom. The number of hydrogen-bond acceptors (Lipinski definition) is 5. The normalized spacial score (nSPS) is 46.7. The molecule has 1 heterocycles. The Morgan fingerprint density at radius 2 is 1.70 bits per heavy atom. The monoisotopic (exact) mass is 712 g/mol. The van der Waals surface area contributed by atoms with Crippen LogP contribution >= 0.6 is 0 Å². The van der Waals surface area contributed by atoms with Gasteiger partial charge in [0.2, 0.25) is 0 Å². The summed E-state index contributed by atoms with van der Waals surface area (Å²) in [7, 11) is -2.87. The predicted molar refractivity (Wildman–Crippen MR) is 199 cm³/mol. The fraction of sp³-hybridized carbons (Fsp3) is 0.833. The van der Waals surface area contributed by atoms with Gasteiger partial charge in [-0.15, -0.1) is 6.58 Å². The van der Waals surface area contributed by atoms with E-state index in [2.05, 4.69) is 69.6 Å². The fourth-order valence-corrected chi connectivity index (χ4v) is 15.6. The number of nitrogens with one attached hydrogen (secondary N) is 1. The molecular weight excluding hydrogens is 648 g/mol. The van der Waals surface area contributed by atoms with Crippen LogP contribution in [0.3, 0.4) is 0 Å². The van der Waals surface area contributed by atoms with Crippen LogP contribution in [0.5, 0.6) is 0 Å². The van der Waals surface area contributed by atoms with Crippen molar-refractivity contribution in [1.29, 1.82) is 0 Å². The van der Waals surface area contributed by atoms with E-state index in [1.807, 2.05) is 0 Å². The summed E-state index contributed by atoms with van der Waals surface area (Å²) < 4.78 is 37.9. The number of sulfone groups is 1. The summed E-state index contributed by atoms with van der Waals surface area (Å²) >= 11 is 0. The molecule has 2 N–H and O–H groups in total. The maximum Gasteiger partial charge on any atom is 0.312 e. The van der Waals surface area contributed by atoms with Crippen LogP contribution in [-0.2, 0) is 14.6 Å². The van der Waals surface area contributed by atoms with Crippen molar-refractivity contribution in [3.63, 3.8) is 0 Å². The van der Waals surface area contributed by atoms with Gasteiger partial charge in [-0.3, -0.25) is 4.79 Å². The summed E-state index contributed by atoms with van der Waals surface area (Å²) in [6.07, 6.45) is 19.2. The molecule has 0 aromatic rings. The lowest BCUT2D eigenvalue weighted by molar-refractivity contribution is -0.220. The van der Waals surface area contributed by atoms with Gasteiger partial charge in [0, 0.05) is 31.7 Å². The zero-order valence-corrected chi connectivity index (χ0v) is 32.5. The van der Waals surface area contributed by atoms with Crippen LogP contribution in [0.2, 0.25) is 0 Å². The summed E-state index contributed by atoms with van der Waals surface area (Å²) in [5.41, 5.74) is 2.27. The average molecular weight is 713 g/mol. The molecule has 0 spiro atoms. The highest BCUT2D eigenvalue weighted by atomic mass is 32.2. The van der Waals surface area contributed by atoms with E-state index < -0.39 is 27.9 Å². The molecule has 5 fully saturated rings. The summed E-state index contributed by atoms with van der Waals surface area (Å²) in [5, 5.41) is 14.0. The molecule has 0 radical (unpaired) electrons. The number of carbonyl (C=O) groups is 1. The van der Waals surface area contributed by atoms with Crippen molar-refractivity contribution in [3.05, 3.63) is 36.0 Å². The Kier molecular flexibility index (Phi) is 9.23. The quantitative estimate of drug-likeness (QED) is 0.248. The first-order chi connectivity index (χ1) is 23.5. The number of fused-ring (bicyclic) bond motifs is 7. The van der Waals surface area contributed by atoms with E-state index in [4.69, 9.17) is 0 Å². The van der Waals surface area contributed by atoms with E-state index in [1.165, 1.54) is 62.5 Å². The molecule has 280 valence electrons. The second-order valence-electron chi connectivity index (χ2n) is 19.4. The lowest BCUT2D eigenvalue weighted by atomic mass is 9.33. The van der Waals surface area contributed by atoms with Crippen molar-refractivity contribution in [2.45, 2.75) is 117 Å². The number of carboxylic acids is 1. The van der Waals surface area contributed by atoms with Crippen molar-refractivity contribution < 1.29 is 22.7 Å². The van der Waals surface area contributed by atoms with Gasteiger partial charge in [-0.1, -0.05) is 52.8 Å². The highest BCUT2D eigenvalue weighted by Gasteiger charge is 2.70. The maximum atomic E-state index is 14.0.